The van der Waals surface area contributed by atoms with Crippen LogP contribution in [-0.4, -0.2) is 34.2 Å². The van der Waals surface area contributed by atoms with Crippen LogP contribution in [0.2, 0.25) is 0 Å². The molecule has 1 fully saturated rings. The molecule has 118 valence electrons. The number of fused-ring (bicyclic) bond motifs is 1. The number of benzene rings is 1. The molecule has 1 amide bonds. The molecule has 2 heterocycles. The number of amides is 1. The Morgan fingerprint density at radius 2 is 2.14 bits per heavy atom. The van der Waals surface area contributed by atoms with Gasteiger partial charge >= 0.3 is 5.69 Å². The minimum Gasteiger partial charge on any atom is -0.352 e. The van der Waals surface area contributed by atoms with E-state index < -0.39 is 0 Å². The van der Waals surface area contributed by atoms with Crippen molar-refractivity contribution in [3.8, 4) is 0 Å². The largest absolute Gasteiger partial charge is 0.352 e. The summed E-state index contributed by atoms with van der Waals surface area (Å²) in [6.07, 6.45) is 2.44. The molecule has 3 rings (SSSR count). The molecule has 0 bridgehead atoms. The fourth-order valence-corrected chi connectivity index (χ4v) is 3.07. The molecule has 0 unspecified atom stereocenters. The SMILES string of the molecule is Cn1c(=O)n(CCC(=O)N[C@H]2CCCNC2)c2ccccc21. The molecular formula is C16H22N4O2. The van der Waals surface area contributed by atoms with E-state index >= 15 is 0 Å². The predicted octanol–water partition coefficient (Wildman–Crippen LogP) is 0.598. The Morgan fingerprint density at radius 1 is 1.36 bits per heavy atom. The van der Waals surface area contributed by atoms with E-state index in [4.69, 9.17) is 0 Å². The van der Waals surface area contributed by atoms with Gasteiger partial charge in [0.1, 0.15) is 0 Å². The summed E-state index contributed by atoms with van der Waals surface area (Å²) < 4.78 is 3.30. The normalized spacial score (nSPS) is 18.5. The van der Waals surface area contributed by atoms with E-state index in [1.807, 2.05) is 24.3 Å². The molecule has 0 radical (unpaired) electrons. The lowest BCUT2D eigenvalue weighted by molar-refractivity contribution is -0.122. The number of aryl methyl sites for hydroxylation is 2. The number of nitrogens with zero attached hydrogens (tertiary/aromatic N) is 2. The minimum atomic E-state index is -0.0756. The quantitative estimate of drug-likeness (QED) is 0.869. The van der Waals surface area contributed by atoms with E-state index in [1.54, 1.807) is 16.2 Å². The summed E-state index contributed by atoms with van der Waals surface area (Å²) >= 11 is 0. The zero-order valence-electron chi connectivity index (χ0n) is 12.8. The number of nitrogens with one attached hydrogen (secondary N) is 2. The number of aromatic nitrogens is 2. The number of para-hydroxylation sites is 2. The van der Waals surface area contributed by atoms with Crippen molar-refractivity contribution >= 4 is 16.9 Å². The number of rotatable bonds is 4. The molecule has 2 aromatic rings. The fourth-order valence-electron chi connectivity index (χ4n) is 3.07. The van der Waals surface area contributed by atoms with E-state index in [0.29, 0.717) is 13.0 Å². The molecule has 6 nitrogen and oxygen atoms in total. The molecule has 1 aliphatic rings. The zero-order valence-corrected chi connectivity index (χ0v) is 12.8. The van der Waals surface area contributed by atoms with Gasteiger partial charge < -0.3 is 10.6 Å². The van der Waals surface area contributed by atoms with Crippen LogP contribution in [0.1, 0.15) is 19.3 Å². The van der Waals surface area contributed by atoms with Crippen molar-refractivity contribution < 1.29 is 4.79 Å². The number of hydrogen-bond donors (Lipinski definition) is 2. The Morgan fingerprint density at radius 3 is 2.86 bits per heavy atom. The zero-order chi connectivity index (χ0) is 15.5. The fraction of sp³-hybridized carbons (Fsp3) is 0.500. The van der Waals surface area contributed by atoms with Gasteiger partial charge in [0.15, 0.2) is 0 Å². The van der Waals surface area contributed by atoms with Crippen LogP contribution in [0.3, 0.4) is 0 Å². The molecule has 0 saturated carbocycles. The van der Waals surface area contributed by atoms with Crippen LogP contribution in [0, 0.1) is 0 Å². The second-order valence-corrected chi connectivity index (χ2v) is 5.84. The van der Waals surface area contributed by atoms with E-state index in [-0.39, 0.29) is 17.6 Å². The van der Waals surface area contributed by atoms with Crippen molar-refractivity contribution in [2.45, 2.75) is 31.8 Å². The molecule has 1 aromatic heterocycles. The molecule has 1 atom stereocenters. The van der Waals surface area contributed by atoms with Crippen LogP contribution < -0.4 is 16.3 Å². The molecule has 22 heavy (non-hydrogen) atoms. The second kappa shape index (κ2) is 6.36. The molecule has 1 aromatic carbocycles. The Hall–Kier alpha value is -2.08. The maximum Gasteiger partial charge on any atom is 0.328 e. The number of carbonyl (C=O) groups excluding carboxylic acids is 1. The lowest BCUT2D eigenvalue weighted by atomic mass is 10.1. The van der Waals surface area contributed by atoms with Gasteiger partial charge in [0.2, 0.25) is 5.91 Å². The highest BCUT2D eigenvalue weighted by molar-refractivity contribution is 5.78. The first-order valence-corrected chi connectivity index (χ1v) is 7.81. The highest BCUT2D eigenvalue weighted by Gasteiger charge is 2.16. The van der Waals surface area contributed by atoms with Gasteiger partial charge in [-0.05, 0) is 31.5 Å². The minimum absolute atomic E-state index is 0.00790. The topological polar surface area (TPSA) is 68.1 Å². The Kier molecular flexibility index (Phi) is 4.29. The molecule has 6 heteroatoms. The van der Waals surface area contributed by atoms with Crippen molar-refractivity contribution in [3.05, 3.63) is 34.7 Å². The number of piperidine rings is 1. The monoisotopic (exact) mass is 302 g/mol. The van der Waals surface area contributed by atoms with Gasteiger partial charge in [0, 0.05) is 32.6 Å². The molecule has 0 spiro atoms. The van der Waals surface area contributed by atoms with Crippen molar-refractivity contribution in [1.82, 2.24) is 19.8 Å². The highest BCUT2D eigenvalue weighted by atomic mass is 16.2. The summed E-state index contributed by atoms with van der Waals surface area (Å²) in [6.45, 7) is 2.27. The molecule has 0 aliphatic carbocycles. The van der Waals surface area contributed by atoms with Crippen LogP contribution in [-0.2, 0) is 18.4 Å². The molecular weight excluding hydrogens is 280 g/mol. The first-order valence-electron chi connectivity index (χ1n) is 7.81. The van der Waals surface area contributed by atoms with E-state index in [2.05, 4.69) is 10.6 Å². The summed E-state index contributed by atoms with van der Waals surface area (Å²) in [5.74, 6) is 0.00790. The van der Waals surface area contributed by atoms with Crippen molar-refractivity contribution in [1.29, 1.82) is 0 Å². The summed E-state index contributed by atoms with van der Waals surface area (Å²) in [4.78, 5) is 24.4. The Bertz CT molecular complexity index is 725. The lowest BCUT2D eigenvalue weighted by Gasteiger charge is -2.23. The van der Waals surface area contributed by atoms with Gasteiger partial charge in [-0.25, -0.2) is 4.79 Å². The van der Waals surface area contributed by atoms with E-state index in [0.717, 1.165) is 37.0 Å². The molecule has 1 aliphatic heterocycles. The van der Waals surface area contributed by atoms with Gasteiger partial charge in [-0.1, -0.05) is 12.1 Å². The summed E-state index contributed by atoms with van der Waals surface area (Å²) in [7, 11) is 1.76. The smallest absolute Gasteiger partial charge is 0.328 e. The van der Waals surface area contributed by atoms with Gasteiger partial charge in [-0.3, -0.25) is 13.9 Å². The van der Waals surface area contributed by atoms with Crippen molar-refractivity contribution in [2.24, 2.45) is 7.05 Å². The van der Waals surface area contributed by atoms with Gasteiger partial charge in [0.05, 0.1) is 11.0 Å². The lowest BCUT2D eigenvalue weighted by Crippen LogP contribution is -2.45. The van der Waals surface area contributed by atoms with E-state index in [1.165, 1.54) is 0 Å². The highest BCUT2D eigenvalue weighted by Crippen LogP contribution is 2.11. The Balaban J connectivity index is 1.67. The number of carbonyl (C=O) groups is 1. The summed E-state index contributed by atoms with van der Waals surface area (Å²) in [6, 6.07) is 7.87. The summed E-state index contributed by atoms with van der Waals surface area (Å²) in [5, 5.41) is 6.32. The van der Waals surface area contributed by atoms with Crippen molar-refractivity contribution in [2.75, 3.05) is 13.1 Å². The number of imidazole rings is 1. The van der Waals surface area contributed by atoms with Crippen LogP contribution in [0.25, 0.3) is 11.0 Å². The average Bonchev–Trinajstić information content (AvgIpc) is 2.78. The first-order chi connectivity index (χ1) is 10.7. The third-order valence-electron chi connectivity index (χ3n) is 4.28. The molecule has 2 N–H and O–H groups in total. The maximum absolute atomic E-state index is 12.3. The van der Waals surface area contributed by atoms with Crippen molar-refractivity contribution in [3.63, 3.8) is 0 Å². The van der Waals surface area contributed by atoms with Crippen LogP contribution in [0.4, 0.5) is 0 Å². The second-order valence-electron chi connectivity index (χ2n) is 5.84. The van der Waals surface area contributed by atoms with Gasteiger partial charge in [-0.15, -0.1) is 0 Å². The first kappa shape index (κ1) is 14.8. The van der Waals surface area contributed by atoms with Gasteiger partial charge in [-0.2, -0.15) is 0 Å². The van der Waals surface area contributed by atoms with Gasteiger partial charge in [0.25, 0.3) is 0 Å². The van der Waals surface area contributed by atoms with Crippen LogP contribution >= 0.6 is 0 Å². The number of hydrogen-bond acceptors (Lipinski definition) is 3. The molecule has 1 saturated heterocycles. The standard InChI is InChI=1S/C16H22N4O2/c1-19-13-6-2-3-7-14(13)20(16(19)22)10-8-15(21)18-12-5-4-9-17-11-12/h2-3,6-7,12,17H,4-5,8-11H2,1H3,(H,18,21)/t12-/m0/s1. The Labute approximate surface area is 129 Å². The third kappa shape index (κ3) is 2.92. The maximum atomic E-state index is 12.3. The van der Waals surface area contributed by atoms with Crippen LogP contribution in [0.5, 0.6) is 0 Å². The van der Waals surface area contributed by atoms with E-state index in [9.17, 15) is 9.59 Å². The third-order valence-corrected chi connectivity index (χ3v) is 4.28. The summed E-state index contributed by atoms with van der Waals surface area (Å²) in [5.41, 5.74) is 1.69. The predicted molar refractivity (Wildman–Crippen MR) is 85.8 cm³/mol. The average molecular weight is 302 g/mol. The van der Waals surface area contributed by atoms with Crippen LogP contribution in [0.15, 0.2) is 29.1 Å².